The van der Waals surface area contributed by atoms with Gasteiger partial charge in [-0.05, 0) is 30.4 Å². The van der Waals surface area contributed by atoms with E-state index < -0.39 is 5.97 Å². The van der Waals surface area contributed by atoms with E-state index in [-0.39, 0.29) is 0 Å². The van der Waals surface area contributed by atoms with Gasteiger partial charge in [0.15, 0.2) is 0 Å². The number of ether oxygens (including phenoxy) is 1. The van der Waals surface area contributed by atoms with Gasteiger partial charge in [0, 0.05) is 5.92 Å². The van der Waals surface area contributed by atoms with E-state index in [0.717, 1.165) is 10.6 Å². The summed E-state index contributed by atoms with van der Waals surface area (Å²) in [7, 11) is 1.30. The van der Waals surface area contributed by atoms with E-state index in [4.69, 9.17) is 0 Å². The smallest absolute Gasteiger partial charge is 0.384 e. The average Bonchev–Trinajstić information content (AvgIpc) is 2.47. The van der Waals surface area contributed by atoms with Crippen molar-refractivity contribution in [2.45, 2.75) is 6.92 Å². The molecule has 0 unspecified atom stereocenters. The summed E-state index contributed by atoms with van der Waals surface area (Å²) in [6.45, 7) is 1.87. The molecule has 62 valence electrons. The average molecular weight is 181 g/mol. The molecule has 1 rings (SSSR count). The molecule has 0 spiro atoms. The molecular weight excluding hydrogens is 174 g/mol. The van der Waals surface area contributed by atoms with E-state index in [0.29, 0.717) is 0 Å². The number of rotatable bonds is 0. The number of esters is 1. The van der Waals surface area contributed by atoms with Crippen molar-refractivity contribution in [3.63, 3.8) is 0 Å². The molecule has 0 atom stereocenters. The zero-order valence-corrected chi connectivity index (χ0v) is 7.57. The maximum absolute atomic E-state index is 10.6. The summed E-state index contributed by atoms with van der Waals surface area (Å²) in [5.41, 5.74) is 0.911. The van der Waals surface area contributed by atoms with Gasteiger partial charge in [0.25, 0.3) is 0 Å². The molecular formula is C8H7NO2S. The van der Waals surface area contributed by atoms with Gasteiger partial charge >= 0.3 is 5.97 Å². The Morgan fingerprint density at radius 3 is 3.00 bits per heavy atom. The fraction of sp³-hybridized carbons (Fsp3) is 0.250. The lowest BCUT2D eigenvalue weighted by molar-refractivity contribution is -0.133. The Hall–Kier alpha value is -1.34. The minimum atomic E-state index is -0.527. The minimum Gasteiger partial charge on any atom is -0.459 e. The Morgan fingerprint density at radius 1 is 1.75 bits per heavy atom. The van der Waals surface area contributed by atoms with Crippen molar-refractivity contribution in [3.05, 3.63) is 16.6 Å². The lowest BCUT2D eigenvalue weighted by atomic mass is 10.4. The second-order valence-corrected chi connectivity index (χ2v) is 2.88. The van der Waals surface area contributed by atoms with Crippen LogP contribution in [0.4, 0.5) is 0 Å². The van der Waals surface area contributed by atoms with Crippen molar-refractivity contribution in [1.82, 2.24) is 4.37 Å². The molecule has 0 bridgehead atoms. The molecule has 0 fully saturated rings. The number of hydrogen-bond donors (Lipinski definition) is 0. The Morgan fingerprint density at radius 2 is 2.50 bits per heavy atom. The van der Waals surface area contributed by atoms with Crippen molar-refractivity contribution in [2.24, 2.45) is 0 Å². The first kappa shape index (κ1) is 8.75. The number of aryl methyl sites for hydroxylation is 1. The van der Waals surface area contributed by atoms with Gasteiger partial charge in [0.05, 0.1) is 17.7 Å². The molecule has 0 radical (unpaired) electrons. The molecule has 4 heteroatoms. The van der Waals surface area contributed by atoms with E-state index >= 15 is 0 Å². The van der Waals surface area contributed by atoms with Gasteiger partial charge in [-0.2, -0.15) is 4.37 Å². The van der Waals surface area contributed by atoms with Gasteiger partial charge in [-0.3, -0.25) is 0 Å². The van der Waals surface area contributed by atoms with Gasteiger partial charge in [0.2, 0.25) is 0 Å². The van der Waals surface area contributed by atoms with Crippen LogP contribution in [0, 0.1) is 18.8 Å². The number of carbonyl (C=O) groups is 1. The van der Waals surface area contributed by atoms with Crippen LogP contribution in [0.2, 0.25) is 0 Å². The number of aromatic nitrogens is 1. The molecule has 1 heterocycles. The number of hydrogen-bond acceptors (Lipinski definition) is 4. The van der Waals surface area contributed by atoms with Crippen LogP contribution in [0.3, 0.4) is 0 Å². The molecule has 0 saturated carbocycles. The third-order valence-corrected chi connectivity index (χ3v) is 1.90. The molecule has 3 nitrogen and oxygen atoms in total. The highest BCUT2D eigenvalue weighted by Gasteiger charge is 1.94. The van der Waals surface area contributed by atoms with Crippen molar-refractivity contribution in [3.8, 4) is 11.8 Å². The first-order valence-electron chi connectivity index (χ1n) is 3.25. The summed E-state index contributed by atoms with van der Waals surface area (Å²) in [6.07, 6.45) is 0. The van der Waals surface area contributed by atoms with Crippen LogP contribution in [0.25, 0.3) is 0 Å². The zero-order valence-electron chi connectivity index (χ0n) is 6.75. The fourth-order valence-corrected chi connectivity index (χ4v) is 1.20. The summed E-state index contributed by atoms with van der Waals surface area (Å²) in [5, 5.41) is 0. The van der Waals surface area contributed by atoms with Gasteiger partial charge in [-0.25, -0.2) is 4.79 Å². The monoisotopic (exact) mass is 181 g/mol. The molecule has 0 saturated heterocycles. The Balaban J connectivity index is 2.73. The highest BCUT2D eigenvalue weighted by atomic mass is 32.1. The SMILES string of the molecule is COC(=O)C#Cc1cc(C)ns1. The van der Waals surface area contributed by atoms with Crippen LogP contribution in [-0.4, -0.2) is 17.5 Å². The summed E-state index contributed by atoms with van der Waals surface area (Å²) in [4.78, 5) is 11.4. The van der Waals surface area contributed by atoms with Gasteiger partial charge in [0.1, 0.15) is 0 Å². The first-order chi connectivity index (χ1) is 5.72. The molecule has 0 aliphatic heterocycles. The van der Waals surface area contributed by atoms with Crippen LogP contribution in [0.5, 0.6) is 0 Å². The summed E-state index contributed by atoms with van der Waals surface area (Å²) < 4.78 is 8.36. The highest BCUT2D eigenvalue weighted by molar-refractivity contribution is 7.06. The quantitative estimate of drug-likeness (QED) is 0.442. The number of methoxy groups -OCH3 is 1. The normalized spacial score (nSPS) is 8.50. The van der Waals surface area contributed by atoms with Crippen LogP contribution in [-0.2, 0) is 9.53 Å². The van der Waals surface area contributed by atoms with Crippen LogP contribution in [0.15, 0.2) is 6.07 Å². The third kappa shape index (κ3) is 2.36. The summed E-state index contributed by atoms with van der Waals surface area (Å²) in [6, 6.07) is 1.82. The number of nitrogens with zero attached hydrogens (tertiary/aromatic N) is 1. The van der Waals surface area contributed by atoms with Crippen LogP contribution >= 0.6 is 11.5 Å². The van der Waals surface area contributed by atoms with Gasteiger partial charge < -0.3 is 4.74 Å². The largest absolute Gasteiger partial charge is 0.459 e. The maximum Gasteiger partial charge on any atom is 0.384 e. The van der Waals surface area contributed by atoms with E-state index in [1.165, 1.54) is 18.6 Å². The van der Waals surface area contributed by atoms with Crippen molar-refractivity contribution in [1.29, 1.82) is 0 Å². The fourth-order valence-electron chi connectivity index (χ4n) is 0.586. The molecule has 0 N–H and O–H groups in total. The zero-order chi connectivity index (χ0) is 8.97. The molecule has 1 aromatic heterocycles. The molecule has 12 heavy (non-hydrogen) atoms. The Labute approximate surface area is 74.5 Å². The van der Waals surface area contributed by atoms with Crippen molar-refractivity contribution < 1.29 is 9.53 Å². The standard InChI is InChI=1S/C8H7NO2S/c1-6-5-7(12-9-6)3-4-8(10)11-2/h5H,1-2H3. The molecule has 0 aromatic carbocycles. The van der Waals surface area contributed by atoms with E-state index in [9.17, 15) is 4.79 Å². The maximum atomic E-state index is 10.6. The van der Waals surface area contributed by atoms with Crippen molar-refractivity contribution >= 4 is 17.5 Å². The third-order valence-electron chi connectivity index (χ3n) is 1.10. The van der Waals surface area contributed by atoms with Gasteiger partial charge in [-0.1, -0.05) is 0 Å². The molecule has 0 amide bonds. The minimum absolute atomic E-state index is 0.527. The summed E-state index contributed by atoms with van der Waals surface area (Å²) in [5.74, 6) is 4.44. The second-order valence-electron chi connectivity index (χ2n) is 2.07. The molecule has 0 aliphatic rings. The predicted octanol–water partition coefficient (Wildman–Crippen LogP) is 0.976. The lowest BCUT2D eigenvalue weighted by Gasteiger charge is -1.82. The van der Waals surface area contributed by atoms with E-state index in [1.807, 2.05) is 13.0 Å². The molecule has 0 aliphatic carbocycles. The van der Waals surface area contributed by atoms with Crippen molar-refractivity contribution in [2.75, 3.05) is 7.11 Å². The number of carbonyl (C=O) groups excluding carboxylic acids is 1. The van der Waals surface area contributed by atoms with E-state index in [2.05, 4.69) is 21.0 Å². The Bertz CT molecular complexity index is 345. The molecule has 1 aromatic rings. The van der Waals surface area contributed by atoms with Crippen LogP contribution in [0.1, 0.15) is 10.6 Å². The van der Waals surface area contributed by atoms with Gasteiger partial charge in [-0.15, -0.1) is 0 Å². The Kier molecular flexibility index (Phi) is 2.83. The summed E-state index contributed by atoms with van der Waals surface area (Å²) >= 11 is 1.27. The predicted molar refractivity (Wildman–Crippen MR) is 45.7 cm³/mol. The van der Waals surface area contributed by atoms with Crippen LogP contribution < -0.4 is 0 Å². The first-order valence-corrected chi connectivity index (χ1v) is 4.03. The topological polar surface area (TPSA) is 39.2 Å². The highest BCUT2D eigenvalue weighted by Crippen LogP contribution is 2.06. The lowest BCUT2D eigenvalue weighted by Crippen LogP contribution is -1.93. The van der Waals surface area contributed by atoms with E-state index in [1.54, 1.807) is 0 Å². The second kappa shape index (κ2) is 3.88.